The van der Waals surface area contributed by atoms with E-state index in [1.807, 2.05) is 0 Å². The lowest BCUT2D eigenvalue weighted by molar-refractivity contribution is -0.131. The molecule has 0 saturated carbocycles. The molecule has 15 heavy (non-hydrogen) atoms. The predicted octanol–water partition coefficient (Wildman–Crippen LogP) is 2.79. The number of halogens is 3. The number of hydrogen-bond donors (Lipinski definition) is 1. The van der Waals surface area contributed by atoms with Gasteiger partial charge in [-0.3, -0.25) is 0 Å². The van der Waals surface area contributed by atoms with E-state index >= 15 is 0 Å². The second kappa shape index (κ2) is 4.94. The van der Waals surface area contributed by atoms with E-state index in [1.54, 1.807) is 12.1 Å². The van der Waals surface area contributed by atoms with E-state index in [0.717, 1.165) is 11.8 Å². The predicted molar refractivity (Wildman–Crippen MR) is 53.5 cm³/mol. The van der Waals surface area contributed by atoms with Crippen molar-refractivity contribution in [2.24, 2.45) is 5.73 Å². The molecule has 0 bridgehead atoms. The van der Waals surface area contributed by atoms with Crippen LogP contribution in [0.15, 0.2) is 22.8 Å². The van der Waals surface area contributed by atoms with Crippen molar-refractivity contribution < 1.29 is 17.6 Å². The highest BCUT2D eigenvalue weighted by molar-refractivity contribution is 7.99. The maximum absolute atomic E-state index is 12.5. The highest BCUT2D eigenvalue weighted by Gasteiger charge is 2.42. The van der Waals surface area contributed by atoms with Gasteiger partial charge in [0.15, 0.2) is 0 Å². The maximum atomic E-state index is 12.5. The fraction of sp³-hybridized carbons (Fsp3) is 0.556. The highest BCUT2D eigenvalue weighted by atomic mass is 32.2. The number of thioether (sulfide) groups is 1. The van der Waals surface area contributed by atoms with Crippen molar-refractivity contribution in [1.29, 1.82) is 0 Å². The van der Waals surface area contributed by atoms with Gasteiger partial charge in [0.25, 0.3) is 0 Å². The van der Waals surface area contributed by atoms with Gasteiger partial charge in [-0.05, 0) is 19.1 Å². The quantitative estimate of drug-likeness (QED) is 0.878. The van der Waals surface area contributed by atoms with Crippen molar-refractivity contribution in [2.45, 2.75) is 30.1 Å². The Bertz CT molecular complexity index is 284. The standard InChI is InChI=1S/C9H12F3NOS/c1-6(13)8(9(10,11)12)15-5-7-3-2-4-14-7/h2-4,6,8H,5,13H2,1H3. The summed E-state index contributed by atoms with van der Waals surface area (Å²) in [5.41, 5.74) is 5.29. The lowest BCUT2D eigenvalue weighted by Gasteiger charge is -2.22. The van der Waals surface area contributed by atoms with Crippen molar-refractivity contribution >= 4 is 11.8 Å². The molecule has 0 aliphatic heterocycles. The van der Waals surface area contributed by atoms with Gasteiger partial charge in [0.2, 0.25) is 0 Å². The van der Waals surface area contributed by atoms with Crippen LogP contribution in [0.1, 0.15) is 12.7 Å². The monoisotopic (exact) mass is 239 g/mol. The first-order valence-electron chi connectivity index (χ1n) is 4.37. The first-order valence-corrected chi connectivity index (χ1v) is 5.42. The maximum Gasteiger partial charge on any atom is 0.402 e. The molecule has 0 fully saturated rings. The Morgan fingerprint density at radius 2 is 2.20 bits per heavy atom. The average molecular weight is 239 g/mol. The van der Waals surface area contributed by atoms with Gasteiger partial charge in [-0.1, -0.05) is 0 Å². The largest absolute Gasteiger partial charge is 0.468 e. The van der Waals surface area contributed by atoms with Crippen molar-refractivity contribution in [1.82, 2.24) is 0 Å². The molecule has 0 spiro atoms. The molecule has 0 saturated heterocycles. The van der Waals surface area contributed by atoms with E-state index in [4.69, 9.17) is 10.2 Å². The Labute approximate surface area is 90.0 Å². The minimum atomic E-state index is -4.27. The van der Waals surface area contributed by atoms with Crippen molar-refractivity contribution in [3.63, 3.8) is 0 Å². The van der Waals surface area contributed by atoms with Crippen molar-refractivity contribution in [3.05, 3.63) is 24.2 Å². The lowest BCUT2D eigenvalue weighted by atomic mass is 10.2. The minimum absolute atomic E-state index is 0.179. The van der Waals surface area contributed by atoms with Crippen LogP contribution >= 0.6 is 11.8 Å². The third-order valence-electron chi connectivity index (χ3n) is 1.79. The van der Waals surface area contributed by atoms with Gasteiger partial charge in [-0.2, -0.15) is 13.2 Å². The van der Waals surface area contributed by atoms with Crippen molar-refractivity contribution in [2.75, 3.05) is 0 Å². The summed E-state index contributed by atoms with van der Waals surface area (Å²) in [5, 5.41) is -1.55. The molecule has 0 aliphatic rings. The smallest absolute Gasteiger partial charge is 0.402 e. The summed E-state index contributed by atoms with van der Waals surface area (Å²) in [6.45, 7) is 1.35. The van der Waals surface area contributed by atoms with Gasteiger partial charge < -0.3 is 10.2 Å². The summed E-state index contributed by atoms with van der Waals surface area (Å²) in [6, 6.07) is 2.36. The van der Waals surface area contributed by atoms with Crippen molar-refractivity contribution in [3.8, 4) is 0 Å². The zero-order valence-corrected chi connectivity index (χ0v) is 8.94. The van der Waals surface area contributed by atoms with Gasteiger partial charge in [0.1, 0.15) is 11.0 Å². The van der Waals surface area contributed by atoms with Crippen LogP contribution < -0.4 is 5.73 Å². The Balaban J connectivity index is 2.53. The van der Waals surface area contributed by atoms with E-state index in [1.165, 1.54) is 13.2 Å². The molecule has 2 N–H and O–H groups in total. The molecule has 0 aromatic carbocycles. The average Bonchev–Trinajstić information content (AvgIpc) is 2.53. The fourth-order valence-corrected chi connectivity index (χ4v) is 2.11. The van der Waals surface area contributed by atoms with E-state index in [2.05, 4.69) is 0 Å². The molecule has 86 valence electrons. The molecule has 0 aliphatic carbocycles. The number of hydrogen-bond acceptors (Lipinski definition) is 3. The van der Waals surface area contributed by atoms with E-state index in [0.29, 0.717) is 5.76 Å². The van der Waals surface area contributed by atoms with Crippen LogP contribution in [0.2, 0.25) is 0 Å². The van der Waals surface area contributed by atoms with Crippen LogP contribution in [0, 0.1) is 0 Å². The Hall–Kier alpha value is -0.620. The summed E-state index contributed by atoms with van der Waals surface area (Å²) in [4.78, 5) is 0. The van der Waals surface area contributed by atoms with Crippen LogP contribution in [0.3, 0.4) is 0 Å². The van der Waals surface area contributed by atoms with Gasteiger partial charge in [0, 0.05) is 6.04 Å². The normalized spacial score (nSPS) is 16.3. The van der Waals surface area contributed by atoms with E-state index in [-0.39, 0.29) is 5.75 Å². The fourth-order valence-electron chi connectivity index (χ4n) is 1.11. The van der Waals surface area contributed by atoms with Crippen LogP contribution in [-0.2, 0) is 5.75 Å². The Kier molecular flexibility index (Phi) is 4.10. The van der Waals surface area contributed by atoms with Crippen LogP contribution in [-0.4, -0.2) is 17.5 Å². The highest BCUT2D eigenvalue weighted by Crippen LogP contribution is 2.34. The lowest BCUT2D eigenvalue weighted by Crippen LogP contribution is -2.40. The van der Waals surface area contributed by atoms with Gasteiger partial charge >= 0.3 is 6.18 Å². The molecule has 1 aromatic heterocycles. The minimum Gasteiger partial charge on any atom is -0.468 e. The topological polar surface area (TPSA) is 39.2 Å². The molecule has 2 atom stereocenters. The van der Waals surface area contributed by atoms with Gasteiger partial charge in [0.05, 0.1) is 12.0 Å². The molecule has 1 rings (SSSR count). The Morgan fingerprint density at radius 1 is 1.53 bits per heavy atom. The molecule has 2 nitrogen and oxygen atoms in total. The number of rotatable bonds is 4. The molecule has 6 heteroatoms. The zero-order valence-electron chi connectivity index (χ0n) is 8.12. The SMILES string of the molecule is CC(N)C(SCc1ccco1)C(F)(F)F. The molecule has 1 heterocycles. The summed E-state index contributed by atoms with van der Waals surface area (Å²) in [6.07, 6.45) is -2.84. The number of alkyl halides is 3. The van der Waals surface area contributed by atoms with E-state index in [9.17, 15) is 13.2 Å². The molecular weight excluding hydrogens is 227 g/mol. The van der Waals surface area contributed by atoms with Crippen LogP contribution in [0.4, 0.5) is 13.2 Å². The first kappa shape index (κ1) is 12.4. The molecule has 2 unspecified atom stereocenters. The Morgan fingerprint density at radius 3 is 2.60 bits per heavy atom. The summed E-state index contributed by atoms with van der Waals surface area (Å²) in [5.74, 6) is 0.702. The van der Waals surface area contributed by atoms with Crippen LogP contribution in [0.25, 0.3) is 0 Å². The van der Waals surface area contributed by atoms with Crippen LogP contribution in [0.5, 0.6) is 0 Å². The number of furan rings is 1. The summed E-state index contributed by atoms with van der Waals surface area (Å²) < 4.78 is 42.4. The molecule has 0 amide bonds. The molecule has 1 aromatic rings. The zero-order chi connectivity index (χ0) is 11.5. The van der Waals surface area contributed by atoms with Gasteiger partial charge in [-0.15, -0.1) is 11.8 Å². The first-order chi connectivity index (χ1) is 6.91. The molecule has 0 radical (unpaired) electrons. The second-order valence-corrected chi connectivity index (χ2v) is 4.34. The van der Waals surface area contributed by atoms with E-state index < -0.39 is 17.5 Å². The third kappa shape index (κ3) is 3.79. The molecular formula is C9H12F3NOS. The number of nitrogens with two attached hydrogens (primary N) is 1. The second-order valence-electron chi connectivity index (χ2n) is 3.21. The summed E-state index contributed by atoms with van der Waals surface area (Å²) in [7, 11) is 0. The van der Waals surface area contributed by atoms with Gasteiger partial charge in [-0.25, -0.2) is 0 Å². The summed E-state index contributed by atoms with van der Waals surface area (Å²) >= 11 is 0.751. The third-order valence-corrected chi connectivity index (χ3v) is 3.29.